The van der Waals surface area contributed by atoms with Crippen LogP contribution in [0.4, 0.5) is 0 Å². The van der Waals surface area contributed by atoms with E-state index >= 15 is 0 Å². The van der Waals surface area contributed by atoms with Crippen molar-refractivity contribution >= 4 is 17.4 Å². The van der Waals surface area contributed by atoms with Gasteiger partial charge in [0, 0.05) is 12.6 Å². The van der Waals surface area contributed by atoms with Crippen LogP contribution in [0.15, 0.2) is 72.3 Å². The van der Waals surface area contributed by atoms with Gasteiger partial charge in [0.1, 0.15) is 23.0 Å². The summed E-state index contributed by atoms with van der Waals surface area (Å²) in [5.41, 5.74) is 2.86. The molecule has 0 radical (unpaired) electrons. The van der Waals surface area contributed by atoms with Crippen LogP contribution < -0.4 is 14.2 Å². The van der Waals surface area contributed by atoms with E-state index in [1.165, 1.54) is 19.1 Å². The van der Waals surface area contributed by atoms with Gasteiger partial charge in [-0.1, -0.05) is 55.8 Å². The number of benzene rings is 3. The van der Waals surface area contributed by atoms with Crippen molar-refractivity contribution in [2.45, 2.75) is 33.4 Å². The van der Waals surface area contributed by atoms with Gasteiger partial charge < -0.3 is 24.2 Å². The number of hydrogen-bond donors (Lipinski definition) is 1. The molecule has 38 heavy (non-hydrogen) atoms. The van der Waals surface area contributed by atoms with Crippen LogP contribution in [-0.2, 0) is 16.1 Å². The van der Waals surface area contributed by atoms with Gasteiger partial charge in [-0.15, -0.1) is 0 Å². The van der Waals surface area contributed by atoms with Crippen LogP contribution in [0.5, 0.6) is 17.2 Å². The number of carbonyl (C=O) groups is 2. The van der Waals surface area contributed by atoms with Crippen molar-refractivity contribution in [1.29, 1.82) is 0 Å². The smallest absolute Gasteiger partial charge is 0.295 e. The first kappa shape index (κ1) is 26.8. The van der Waals surface area contributed by atoms with E-state index in [4.69, 9.17) is 14.2 Å². The summed E-state index contributed by atoms with van der Waals surface area (Å²) in [6, 6.07) is 19.2. The Morgan fingerprint density at radius 2 is 1.66 bits per heavy atom. The Morgan fingerprint density at radius 1 is 0.947 bits per heavy atom. The average Bonchev–Trinajstić information content (AvgIpc) is 3.16. The molecule has 0 bridgehead atoms. The van der Waals surface area contributed by atoms with Gasteiger partial charge in [0.05, 0.1) is 38.0 Å². The third-order valence-corrected chi connectivity index (χ3v) is 6.42. The molecule has 1 aliphatic heterocycles. The zero-order valence-electron chi connectivity index (χ0n) is 22.4. The molecule has 7 nitrogen and oxygen atoms in total. The molecule has 0 aromatic heterocycles. The molecular weight excluding hydrogens is 482 g/mol. The number of carbonyl (C=O) groups excluding carboxylic acids is 2. The molecule has 3 aromatic rings. The summed E-state index contributed by atoms with van der Waals surface area (Å²) in [5.74, 6) is 0.290. The van der Waals surface area contributed by atoms with Crippen LogP contribution in [0.1, 0.15) is 42.1 Å². The van der Waals surface area contributed by atoms with Gasteiger partial charge in [-0.05, 0) is 48.2 Å². The minimum atomic E-state index is -0.779. The van der Waals surface area contributed by atoms with Crippen LogP contribution in [-0.4, -0.2) is 42.5 Å². The fourth-order valence-corrected chi connectivity index (χ4v) is 4.52. The second-order valence-electron chi connectivity index (χ2n) is 9.76. The molecule has 4 rings (SSSR count). The van der Waals surface area contributed by atoms with Gasteiger partial charge in [-0.25, -0.2) is 0 Å². The topological polar surface area (TPSA) is 85.3 Å². The number of hydrogen-bond acceptors (Lipinski definition) is 6. The first-order valence-corrected chi connectivity index (χ1v) is 12.5. The second kappa shape index (κ2) is 11.4. The number of Topliss-reactive ketones (excluding diaryl/α,β-unsaturated/α-hetero) is 1. The van der Waals surface area contributed by atoms with Crippen LogP contribution in [0.2, 0.25) is 0 Å². The molecule has 1 saturated heterocycles. The van der Waals surface area contributed by atoms with Crippen molar-refractivity contribution in [3.8, 4) is 17.2 Å². The van der Waals surface area contributed by atoms with Gasteiger partial charge >= 0.3 is 0 Å². The average molecular weight is 516 g/mol. The van der Waals surface area contributed by atoms with E-state index in [0.29, 0.717) is 29.6 Å². The number of likely N-dealkylation sites (tertiary alicyclic amines) is 1. The zero-order chi connectivity index (χ0) is 27.4. The lowest BCUT2D eigenvalue weighted by molar-refractivity contribution is -0.140. The first-order valence-electron chi connectivity index (χ1n) is 12.5. The van der Waals surface area contributed by atoms with Crippen LogP contribution >= 0.6 is 0 Å². The molecule has 1 atom stereocenters. The third kappa shape index (κ3) is 5.52. The van der Waals surface area contributed by atoms with Gasteiger partial charge in [0.15, 0.2) is 0 Å². The number of nitrogens with zero attached hydrogens (tertiary/aromatic N) is 1. The first-order chi connectivity index (χ1) is 18.2. The molecule has 1 amide bonds. The van der Waals surface area contributed by atoms with E-state index in [2.05, 4.69) is 13.8 Å². The lowest BCUT2D eigenvalue weighted by Crippen LogP contribution is -2.29. The molecule has 1 aliphatic rings. The highest BCUT2D eigenvalue weighted by Crippen LogP contribution is 2.42. The Balaban J connectivity index is 1.77. The molecule has 1 heterocycles. The Hall–Kier alpha value is -4.26. The maximum Gasteiger partial charge on any atom is 0.295 e. The molecule has 0 saturated carbocycles. The summed E-state index contributed by atoms with van der Waals surface area (Å²) in [5, 5.41) is 11.5. The highest BCUT2D eigenvalue weighted by Gasteiger charge is 2.46. The summed E-state index contributed by atoms with van der Waals surface area (Å²) in [7, 11) is 3.00. The standard InChI is InChI=1S/C31H33NO6/c1-19(2)18-38-23-11-9-21(10-12-23)17-32-28(22-8-6-7-20(3)15-22)27(30(34)31(32)35)29(33)25-14-13-24(36-4)16-26(25)37-5/h6-16,19,28,33H,17-18H2,1-5H3/b29-27-. The normalized spacial score (nSPS) is 16.7. The summed E-state index contributed by atoms with van der Waals surface area (Å²) in [6.07, 6.45) is 0. The van der Waals surface area contributed by atoms with Crippen molar-refractivity contribution in [3.63, 3.8) is 0 Å². The molecule has 1 fully saturated rings. The van der Waals surface area contributed by atoms with Crippen molar-refractivity contribution in [1.82, 2.24) is 4.90 Å². The van der Waals surface area contributed by atoms with Gasteiger partial charge in [-0.2, -0.15) is 0 Å². The van der Waals surface area contributed by atoms with Crippen LogP contribution in [0, 0.1) is 12.8 Å². The number of aliphatic hydroxyl groups is 1. The van der Waals surface area contributed by atoms with E-state index in [1.54, 1.807) is 18.2 Å². The molecule has 0 aliphatic carbocycles. The van der Waals surface area contributed by atoms with E-state index < -0.39 is 17.7 Å². The van der Waals surface area contributed by atoms with E-state index in [0.717, 1.165) is 22.4 Å². The van der Waals surface area contributed by atoms with Crippen molar-refractivity contribution in [3.05, 3.63) is 94.6 Å². The fraction of sp³-hybridized carbons (Fsp3) is 0.290. The largest absolute Gasteiger partial charge is 0.507 e. The maximum atomic E-state index is 13.4. The molecule has 0 spiro atoms. The number of ketones is 1. The zero-order valence-corrected chi connectivity index (χ0v) is 22.4. The predicted molar refractivity (Wildman–Crippen MR) is 145 cm³/mol. The Labute approximate surface area is 223 Å². The Bertz CT molecular complexity index is 1360. The summed E-state index contributed by atoms with van der Waals surface area (Å²) in [6.45, 7) is 6.90. The van der Waals surface area contributed by atoms with E-state index in [-0.39, 0.29) is 17.9 Å². The molecule has 1 unspecified atom stereocenters. The van der Waals surface area contributed by atoms with Gasteiger partial charge in [0.25, 0.3) is 11.7 Å². The van der Waals surface area contributed by atoms with Crippen molar-refractivity contribution in [2.75, 3.05) is 20.8 Å². The number of ether oxygens (including phenoxy) is 3. The summed E-state index contributed by atoms with van der Waals surface area (Å²) >= 11 is 0. The molecule has 1 N–H and O–H groups in total. The third-order valence-electron chi connectivity index (χ3n) is 6.42. The molecular formula is C31H33NO6. The number of rotatable bonds is 9. The predicted octanol–water partition coefficient (Wildman–Crippen LogP) is 5.67. The van der Waals surface area contributed by atoms with E-state index in [9.17, 15) is 14.7 Å². The Kier molecular flexibility index (Phi) is 8.05. The van der Waals surface area contributed by atoms with Crippen LogP contribution in [0.3, 0.4) is 0 Å². The van der Waals surface area contributed by atoms with Gasteiger partial charge in [-0.3, -0.25) is 9.59 Å². The monoisotopic (exact) mass is 515 g/mol. The molecule has 198 valence electrons. The number of aryl methyl sites for hydroxylation is 1. The summed E-state index contributed by atoms with van der Waals surface area (Å²) in [4.78, 5) is 28.3. The minimum Gasteiger partial charge on any atom is -0.507 e. The lowest BCUT2D eigenvalue weighted by atomic mass is 9.94. The van der Waals surface area contributed by atoms with E-state index in [1.807, 2.05) is 55.5 Å². The van der Waals surface area contributed by atoms with Crippen molar-refractivity contribution < 1.29 is 28.9 Å². The number of aliphatic hydroxyl groups excluding tert-OH is 1. The highest BCUT2D eigenvalue weighted by atomic mass is 16.5. The summed E-state index contributed by atoms with van der Waals surface area (Å²) < 4.78 is 16.5. The number of methoxy groups -OCH3 is 2. The van der Waals surface area contributed by atoms with Crippen molar-refractivity contribution in [2.24, 2.45) is 5.92 Å². The van der Waals surface area contributed by atoms with Crippen LogP contribution in [0.25, 0.3) is 5.76 Å². The minimum absolute atomic E-state index is 0.0148. The maximum absolute atomic E-state index is 13.4. The SMILES string of the molecule is COc1ccc(/C(O)=C2/C(=O)C(=O)N(Cc3ccc(OCC(C)C)cc3)C2c2cccc(C)c2)c(OC)c1. The second-order valence-corrected chi connectivity index (χ2v) is 9.76. The van der Waals surface area contributed by atoms with Gasteiger partial charge in [0.2, 0.25) is 0 Å². The fourth-order valence-electron chi connectivity index (χ4n) is 4.52. The highest BCUT2D eigenvalue weighted by molar-refractivity contribution is 6.46. The number of amides is 1. The molecule has 3 aromatic carbocycles. The lowest BCUT2D eigenvalue weighted by Gasteiger charge is -2.26. The quantitative estimate of drug-likeness (QED) is 0.225. The molecule has 7 heteroatoms. The Morgan fingerprint density at radius 3 is 2.29 bits per heavy atom.